The molecule has 4 rings (SSSR count). The zero-order valence-electron chi connectivity index (χ0n) is 17.9. The Kier molecular flexibility index (Phi) is 6.44. The molecular weight excluding hydrogens is 407 g/mol. The number of benzene rings is 2. The number of hydrogen-bond acceptors (Lipinski definition) is 4. The van der Waals surface area contributed by atoms with E-state index in [1.165, 1.54) is 12.1 Å². The van der Waals surface area contributed by atoms with Gasteiger partial charge in [0, 0.05) is 31.7 Å². The molecule has 2 heterocycles. The molecule has 7 heteroatoms. The fraction of sp³-hybridized carbons (Fsp3) is 0.240. The first-order valence-electron chi connectivity index (χ1n) is 10.6. The molecule has 1 saturated heterocycles. The topological polar surface area (TPSA) is 65.5 Å². The Morgan fingerprint density at radius 3 is 2.44 bits per heavy atom. The van der Waals surface area contributed by atoms with E-state index in [-0.39, 0.29) is 11.5 Å². The molecule has 0 bridgehead atoms. The van der Waals surface area contributed by atoms with Crippen molar-refractivity contribution in [2.75, 3.05) is 36.4 Å². The van der Waals surface area contributed by atoms with Crippen LogP contribution in [0.15, 0.2) is 66.9 Å². The van der Waals surface area contributed by atoms with Gasteiger partial charge in [0.25, 0.3) is 11.8 Å². The van der Waals surface area contributed by atoms with Crippen molar-refractivity contribution in [3.05, 3.63) is 89.4 Å². The Morgan fingerprint density at radius 1 is 0.938 bits per heavy atom. The van der Waals surface area contributed by atoms with E-state index < -0.39 is 11.7 Å². The molecule has 0 atom stereocenters. The minimum atomic E-state index is -0.566. The van der Waals surface area contributed by atoms with Crippen molar-refractivity contribution in [3.63, 3.8) is 0 Å². The van der Waals surface area contributed by atoms with Gasteiger partial charge < -0.3 is 15.1 Å². The lowest BCUT2D eigenvalue weighted by Gasteiger charge is -2.23. The van der Waals surface area contributed by atoms with Gasteiger partial charge in [-0.3, -0.25) is 9.59 Å². The van der Waals surface area contributed by atoms with Gasteiger partial charge in [-0.2, -0.15) is 0 Å². The van der Waals surface area contributed by atoms with Gasteiger partial charge in [-0.1, -0.05) is 29.8 Å². The van der Waals surface area contributed by atoms with Crippen molar-refractivity contribution >= 4 is 23.3 Å². The monoisotopic (exact) mass is 432 g/mol. The van der Waals surface area contributed by atoms with Crippen molar-refractivity contribution in [3.8, 4) is 0 Å². The molecule has 32 heavy (non-hydrogen) atoms. The molecule has 3 aromatic rings. The minimum Gasteiger partial charge on any atom is -0.355 e. The third-order valence-electron chi connectivity index (χ3n) is 5.53. The lowest BCUT2D eigenvalue weighted by atomic mass is 10.1. The molecule has 2 aromatic carbocycles. The fourth-order valence-electron chi connectivity index (χ4n) is 3.72. The molecule has 1 fully saturated rings. The smallest absolute Gasteiger partial charge is 0.258 e. The number of aryl methyl sites for hydroxylation is 1. The number of pyridine rings is 1. The van der Waals surface area contributed by atoms with Crippen molar-refractivity contribution < 1.29 is 14.0 Å². The molecule has 1 aromatic heterocycles. The van der Waals surface area contributed by atoms with Gasteiger partial charge in [-0.25, -0.2) is 9.37 Å². The number of carbonyl (C=O) groups excluding carboxylic acids is 2. The maximum atomic E-state index is 13.8. The summed E-state index contributed by atoms with van der Waals surface area (Å²) >= 11 is 0. The lowest BCUT2D eigenvalue weighted by molar-refractivity contribution is 0.0767. The standard InChI is InChI=1S/C25H25FN4O2/c1-18-7-9-19(10-8-18)25(32)30-14-4-13-29(15-16-30)23-12-11-20(17-27-23)28-24(31)21-5-2-3-6-22(21)26/h2-3,5-12,17H,4,13-16H2,1H3,(H,28,31). The predicted octanol–water partition coefficient (Wildman–Crippen LogP) is 4.13. The summed E-state index contributed by atoms with van der Waals surface area (Å²) in [6.07, 6.45) is 2.40. The highest BCUT2D eigenvalue weighted by molar-refractivity contribution is 6.04. The van der Waals surface area contributed by atoms with Crippen molar-refractivity contribution in [2.24, 2.45) is 0 Å². The van der Waals surface area contributed by atoms with E-state index in [1.54, 1.807) is 24.4 Å². The number of anilines is 2. The van der Waals surface area contributed by atoms with Crippen LogP contribution in [0.3, 0.4) is 0 Å². The van der Waals surface area contributed by atoms with Crippen LogP contribution >= 0.6 is 0 Å². The molecular formula is C25H25FN4O2. The van der Waals surface area contributed by atoms with Crippen molar-refractivity contribution in [2.45, 2.75) is 13.3 Å². The highest BCUT2D eigenvalue weighted by Crippen LogP contribution is 2.18. The summed E-state index contributed by atoms with van der Waals surface area (Å²) in [4.78, 5) is 33.6. The quantitative estimate of drug-likeness (QED) is 0.673. The number of aromatic nitrogens is 1. The Labute approximate surface area is 186 Å². The van der Waals surface area contributed by atoms with Crippen LogP contribution in [-0.4, -0.2) is 47.9 Å². The second-order valence-corrected chi connectivity index (χ2v) is 7.84. The highest BCUT2D eigenvalue weighted by Gasteiger charge is 2.21. The molecule has 0 spiro atoms. The Bertz CT molecular complexity index is 1100. The average Bonchev–Trinajstić information content (AvgIpc) is 3.06. The van der Waals surface area contributed by atoms with E-state index in [2.05, 4.69) is 15.2 Å². The summed E-state index contributed by atoms with van der Waals surface area (Å²) in [6, 6.07) is 17.1. The second-order valence-electron chi connectivity index (χ2n) is 7.84. The van der Waals surface area contributed by atoms with Crippen LogP contribution in [0.1, 0.15) is 32.7 Å². The molecule has 0 aliphatic carbocycles. The first-order chi connectivity index (χ1) is 15.5. The van der Waals surface area contributed by atoms with Gasteiger partial charge >= 0.3 is 0 Å². The van der Waals surface area contributed by atoms with Crippen LogP contribution in [-0.2, 0) is 0 Å². The third-order valence-corrected chi connectivity index (χ3v) is 5.53. The van der Waals surface area contributed by atoms with E-state index in [9.17, 15) is 14.0 Å². The van der Waals surface area contributed by atoms with Crippen LogP contribution in [0.2, 0.25) is 0 Å². The lowest BCUT2D eigenvalue weighted by Crippen LogP contribution is -2.35. The van der Waals surface area contributed by atoms with Crippen molar-refractivity contribution in [1.29, 1.82) is 0 Å². The Morgan fingerprint density at radius 2 is 1.72 bits per heavy atom. The van der Waals surface area contributed by atoms with E-state index in [1.807, 2.05) is 42.2 Å². The largest absolute Gasteiger partial charge is 0.355 e. The number of halogens is 1. The molecule has 1 aliphatic heterocycles. The zero-order chi connectivity index (χ0) is 22.5. The number of rotatable bonds is 4. The van der Waals surface area contributed by atoms with E-state index in [4.69, 9.17) is 0 Å². The van der Waals surface area contributed by atoms with E-state index in [0.29, 0.717) is 30.9 Å². The summed E-state index contributed by atoms with van der Waals surface area (Å²) in [5.74, 6) is -0.258. The zero-order valence-corrected chi connectivity index (χ0v) is 17.9. The van der Waals surface area contributed by atoms with Crippen molar-refractivity contribution in [1.82, 2.24) is 9.88 Å². The first kappa shape index (κ1) is 21.5. The second kappa shape index (κ2) is 9.60. The average molecular weight is 432 g/mol. The Hall–Kier alpha value is -3.74. The molecule has 1 N–H and O–H groups in total. The van der Waals surface area contributed by atoms with E-state index in [0.717, 1.165) is 24.3 Å². The SMILES string of the molecule is Cc1ccc(C(=O)N2CCCN(c3ccc(NC(=O)c4ccccc4F)cn3)CC2)cc1. The molecule has 0 radical (unpaired) electrons. The number of nitrogens with zero attached hydrogens (tertiary/aromatic N) is 3. The molecule has 0 saturated carbocycles. The fourth-order valence-corrected chi connectivity index (χ4v) is 3.72. The van der Waals surface area contributed by atoms with Crippen LogP contribution in [0.5, 0.6) is 0 Å². The first-order valence-corrected chi connectivity index (χ1v) is 10.6. The third kappa shape index (κ3) is 4.94. The summed E-state index contributed by atoms with van der Waals surface area (Å²) in [6.45, 7) is 4.76. The van der Waals surface area contributed by atoms with Gasteiger partial charge in [-0.05, 0) is 49.7 Å². The predicted molar refractivity (Wildman–Crippen MR) is 123 cm³/mol. The maximum Gasteiger partial charge on any atom is 0.258 e. The number of hydrogen-bond donors (Lipinski definition) is 1. The van der Waals surface area contributed by atoms with Crippen LogP contribution in [0.25, 0.3) is 0 Å². The molecule has 0 unspecified atom stereocenters. The van der Waals surface area contributed by atoms with Gasteiger partial charge in [0.05, 0.1) is 17.4 Å². The summed E-state index contributed by atoms with van der Waals surface area (Å²) in [7, 11) is 0. The normalized spacial score (nSPS) is 14.1. The minimum absolute atomic E-state index is 0.0116. The van der Waals surface area contributed by atoms with E-state index >= 15 is 0 Å². The number of carbonyl (C=O) groups is 2. The van der Waals surface area contributed by atoms with Gasteiger partial charge in [0.15, 0.2) is 0 Å². The van der Waals surface area contributed by atoms with Crippen LogP contribution < -0.4 is 10.2 Å². The Balaban J connectivity index is 1.37. The molecule has 164 valence electrons. The molecule has 6 nitrogen and oxygen atoms in total. The summed E-state index contributed by atoms with van der Waals surface area (Å²) < 4.78 is 13.8. The van der Waals surface area contributed by atoms with Crippen LogP contribution in [0, 0.1) is 12.7 Å². The highest BCUT2D eigenvalue weighted by atomic mass is 19.1. The summed E-state index contributed by atoms with van der Waals surface area (Å²) in [5.41, 5.74) is 2.32. The van der Waals surface area contributed by atoms with Gasteiger partial charge in [-0.15, -0.1) is 0 Å². The maximum absolute atomic E-state index is 13.8. The summed E-state index contributed by atoms with van der Waals surface area (Å²) in [5, 5.41) is 2.67. The molecule has 1 aliphatic rings. The number of nitrogens with one attached hydrogen (secondary N) is 1. The van der Waals surface area contributed by atoms with Gasteiger partial charge in [0.2, 0.25) is 0 Å². The molecule has 2 amide bonds. The van der Waals surface area contributed by atoms with Crippen LogP contribution in [0.4, 0.5) is 15.9 Å². The van der Waals surface area contributed by atoms with Gasteiger partial charge in [0.1, 0.15) is 11.6 Å². The number of amides is 2.